The summed E-state index contributed by atoms with van der Waals surface area (Å²) in [6.07, 6.45) is 2.14. The highest BCUT2D eigenvalue weighted by atomic mass is 35.5. The van der Waals surface area contributed by atoms with Crippen LogP contribution in [0.4, 0.5) is 14.5 Å². The number of aromatic nitrogens is 2. The Morgan fingerprint density at radius 3 is 2.76 bits per heavy atom. The lowest BCUT2D eigenvalue weighted by Gasteiger charge is -2.10. The van der Waals surface area contributed by atoms with Gasteiger partial charge in [0.15, 0.2) is 5.03 Å². The minimum atomic E-state index is -4.24. The summed E-state index contributed by atoms with van der Waals surface area (Å²) < 4.78 is 56.1. The van der Waals surface area contributed by atoms with Crippen LogP contribution in [0.25, 0.3) is 5.65 Å². The largest absolute Gasteiger partial charge is 0.289 e. The van der Waals surface area contributed by atoms with E-state index in [0.29, 0.717) is 11.1 Å². The summed E-state index contributed by atoms with van der Waals surface area (Å²) in [4.78, 5) is 3.92. The van der Waals surface area contributed by atoms with Gasteiger partial charge >= 0.3 is 0 Å². The van der Waals surface area contributed by atoms with Gasteiger partial charge in [0.05, 0.1) is 24.4 Å². The molecule has 0 atom stereocenters. The molecule has 1 aromatic carbocycles. The van der Waals surface area contributed by atoms with Crippen molar-refractivity contribution in [2.45, 2.75) is 11.4 Å². The minimum absolute atomic E-state index is 0.160. The number of hydrogen-bond donors (Lipinski definition) is 1. The number of fused-ring (bicyclic) bond motifs is 1. The molecule has 1 N–H and O–H groups in total. The average Bonchev–Trinajstić information content (AvgIpc) is 2.96. The lowest BCUT2D eigenvalue weighted by molar-refractivity contribution is 0.587. The summed E-state index contributed by atoms with van der Waals surface area (Å²) in [7, 11) is -4.24. The molecule has 2 aromatic heterocycles. The Kier molecular flexibility index (Phi) is 4.32. The first-order valence-corrected chi connectivity index (χ1v) is 8.68. The first kappa shape index (κ1) is 17.1. The molecule has 6 nitrogen and oxygen atoms in total. The van der Waals surface area contributed by atoms with E-state index in [-0.39, 0.29) is 22.7 Å². The molecule has 0 fully saturated rings. The fourth-order valence-corrected chi connectivity index (χ4v) is 3.52. The van der Waals surface area contributed by atoms with Crippen molar-refractivity contribution in [3.05, 3.63) is 58.9 Å². The zero-order valence-electron chi connectivity index (χ0n) is 12.4. The zero-order chi connectivity index (χ0) is 18.2. The number of nitrogens with one attached hydrogen (secondary N) is 1. The molecular weight excluding hydrogens is 374 g/mol. The predicted octanol–water partition coefficient (Wildman–Crippen LogP) is 3.13. The van der Waals surface area contributed by atoms with E-state index in [1.165, 1.54) is 22.7 Å². The molecule has 0 saturated carbocycles. The van der Waals surface area contributed by atoms with Crippen LogP contribution in [0.5, 0.6) is 0 Å². The number of imidazole rings is 1. The summed E-state index contributed by atoms with van der Waals surface area (Å²) in [5.74, 6) is -1.88. The van der Waals surface area contributed by atoms with E-state index in [2.05, 4.69) is 4.98 Å². The number of nitrogens with zero attached hydrogens (tertiary/aromatic N) is 3. The summed E-state index contributed by atoms with van der Waals surface area (Å²) in [5.41, 5.74) is -0.445. The van der Waals surface area contributed by atoms with Gasteiger partial charge in [-0.1, -0.05) is 11.6 Å². The lowest BCUT2D eigenvalue weighted by Crippen LogP contribution is -2.16. The van der Waals surface area contributed by atoms with Crippen LogP contribution in [0, 0.1) is 23.0 Å². The summed E-state index contributed by atoms with van der Waals surface area (Å²) in [5, 5.41) is 8.67. The van der Waals surface area contributed by atoms with Crippen molar-refractivity contribution in [2.24, 2.45) is 0 Å². The lowest BCUT2D eigenvalue weighted by atomic mass is 10.1. The van der Waals surface area contributed by atoms with Gasteiger partial charge < -0.3 is 0 Å². The van der Waals surface area contributed by atoms with E-state index in [1.54, 1.807) is 6.07 Å². The highest BCUT2D eigenvalue weighted by molar-refractivity contribution is 7.92. The second kappa shape index (κ2) is 6.31. The summed E-state index contributed by atoms with van der Waals surface area (Å²) >= 11 is 5.82. The Labute approximate surface area is 146 Å². The first-order chi connectivity index (χ1) is 11.8. The van der Waals surface area contributed by atoms with Crippen molar-refractivity contribution in [3.8, 4) is 6.07 Å². The third-order valence-corrected chi connectivity index (χ3v) is 4.94. The fraction of sp³-hybridized carbons (Fsp3) is 0.0667. The predicted molar refractivity (Wildman–Crippen MR) is 86.7 cm³/mol. The molecule has 0 bridgehead atoms. The van der Waals surface area contributed by atoms with Crippen molar-refractivity contribution in [3.63, 3.8) is 0 Å². The third-order valence-electron chi connectivity index (χ3n) is 3.37. The highest BCUT2D eigenvalue weighted by Crippen LogP contribution is 2.24. The first-order valence-electron chi connectivity index (χ1n) is 6.82. The number of halogens is 3. The van der Waals surface area contributed by atoms with Crippen molar-refractivity contribution in [2.75, 3.05) is 4.72 Å². The van der Waals surface area contributed by atoms with E-state index in [1.807, 2.05) is 4.72 Å². The van der Waals surface area contributed by atoms with Crippen LogP contribution < -0.4 is 4.72 Å². The molecule has 0 aliphatic rings. The zero-order valence-corrected chi connectivity index (χ0v) is 13.9. The summed E-state index contributed by atoms with van der Waals surface area (Å²) in [6, 6.07) is 6.10. The van der Waals surface area contributed by atoms with Gasteiger partial charge in [-0.05, 0) is 12.1 Å². The number of anilines is 1. The molecular formula is C15H9ClF2N4O2S. The number of hydrogen-bond acceptors (Lipinski definition) is 4. The van der Waals surface area contributed by atoms with Gasteiger partial charge in [0.25, 0.3) is 10.0 Å². The molecule has 0 spiro atoms. The topological polar surface area (TPSA) is 87.3 Å². The standard InChI is InChI=1S/C15H9ClF2N4O2S/c16-10-2-4-22-14(6-10)20-8-15(22)25(23,24)21-13-7-11(17)9(1-3-19)5-12(13)18/h2,4-8,21H,1H2. The quantitative estimate of drug-likeness (QED) is 0.751. The van der Waals surface area contributed by atoms with E-state index in [0.717, 1.165) is 12.3 Å². The fourth-order valence-electron chi connectivity index (χ4n) is 2.22. The molecule has 3 rings (SSSR count). The maximum absolute atomic E-state index is 14.0. The van der Waals surface area contributed by atoms with Crippen molar-refractivity contribution in [1.82, 2.24) is 9.38 Å². The van der Waals surface area contributed by atoms with Gasteiger partial charge in [-0.25, -0.2) is 13.8 Å². The Balaban J connectivity index is 2.02. The van der Waals surface area contributed by atoms with Crippen molar-refractivity contribution in [1.29, 1.82) is 5.26 Å². The van der Waals surface area contributed by atoms with Gasteiger partial charge in [0.1, 0.15) is 17.3 Å². The minimum Gasteiger partial charge on any atom is -0.289 e. The number of benzene rings is 1. The molecule has 0 saturated heterocycles. The molecule has 0 radical (unpaired) electrons. The van der Waals surface area contributed by atoms with Crippen LogP contribution in [-0.2, 0) is 16.4 Å². The van der Waals surface area contributed by atoms with Crippen LogP contribution in [0.15, 0.2) is 41.7 Å². The van der Waals surface area contributed by atoms with Crippen LogP contribution in [0.3, 0.4) is 0 Å². The second-order valence-electron chi connectivity index (χ2n) is 5.03. The van der Waals surface area contributed by atoms with Gasteiger partial charge in [-0.2, -0.15) is 13.7 Å². The van der Waals surface area contributed by atoms with Crippen molar-refractivity contribution < 1.29 is 17.2 Å². The van der Waals surface area contributed by atoms with E-state index in [4.69, 9.17) is 16.9 Å². The summed E-state index contributed by atoms with van der Waals surface area (Å²) in [6.45, 7) is 0. The second-order valence-corrected chi connectivity index (χ2v) is 7.10. The monoisotopic (exact) mass is 382 g/mol. The van der Waals surface area contributed by atoms with E-state index >= 15 is 0 Å². The number of pyridine rings is 1. The molecule has 3 aromatic rings. The molecule has 0 amide bonds. The van der Waals surface area contributed by atoms with Gasteiger partial charge in [-0.15, -0.1) is 0 Å². The number of rotatable bonds is 4. The normalized spacial score (nSPS) is 11.4. The maximum atomic E-state index is 14.0. The maximum Gasteiger partial charge on any atom is 0.279 e. The van der Waals surface area contributed by atoms with Crippen LogP contribution >= 0.6 is 11.6 Å². The SMILES string of the molecule is N#CCc1cc(F)c(NS(=O)(=O)c2cnc3cc(Cl)ccn23)cc1F. The molecule has 25 heavy (non-hydrogen) atoms. The average molecular weight is 383 g/mol. The van der Waals surface area contributed by atoms with Gasteiger partial charge in [-0.3, -0.25) is 9.12 Å². The Morgan fingerprint density at radius 1 is 1.28 bits per heavy atom. The highest BCUT2D eigenvalue weighted by Gasteiger charge is 2.22. The number of nitriles is 1. The third kappa shape index (κ3) is 3.26. The van der Waals surface area contributed by atoms with E-state index in [9.17, 15) is 17.2 Å². The Bertz CT molecular complexity index is 1120. The molecule has 0 aliphatic carbocycles. The van der Waals surface area contributed by atoms with Gasteiger partial charge in [0.2, 0.25) is 0 Å². The molecule has 128 valence electrons. The molecule has 2 heterocycles. The Hall–Kier alpha value is -2.70. The Morgan fingerprint density at radius 2 is 2.04 bits per heavy atom. The molecule has 0 unspecified atom stereocenters. The van der Waals surface area contributed by atoms with Crippen LogP contribution in [0.1, 0.15) is 5.56 Å². The van der Waals surface area contributed by atoms with Crippen LogP contribution in [-0.4, -0.2) is 17.8 Å². The van der Waals surface area contributed by atoms with Crippen LogP contribution in [0.2, 0.25) is 5.02 Å². The van der Waals surface area contributed by atoms with Crippen molar-refractivity contribution >= 4 is 33.0 Å². The molecule has 0 aliphatic heterocycles. The van der Waals surface area contributed by atoms with Gasteiger partial charge in [0, 0.05) is 28.9 Å². The smallest absolute Gasteiger partial charge is 0.279 e. The van der Waals surface area contributed by atoms with E-state index < -0.39 is 27.3 Å². The molecule has 10 heteroatoms. The number of sulfonamides is 1.